The molecule has 21 heavy (non-hydrogen) atoms. The molecule has 1 atom stereocenters. The van der Waals surface area contributed by atoms with E-state index in [2.05, 4.69) is 22.4 Å². The summed E-state index contributed by atoms with van der Waals surface area (Å²) in [6, 6.07) is 12.7. The number of pyridine rings is 1. The molecule has 1 N–H and O–H groups in total. The largest absolute Gasteiger partial charge is 0.491 e. The first kappa shape index (κ1) is 15.9. The Kier molecular flexibility index (Phi) is 6.08. The number of rotatable bonds is 7. The fraction of sp³-hybridized carbons (Fsp3) is 0.353. The highest BCUT2D eigenvalue weighted by atomic mass is 32.2. The van der Waals surface area contributed by atoms with Gasteiger partial charge in [-0.3, -0.25) is 4.98 Å². The summed E-state index contributed by atoms with van der Waals surface area (Å²) >= 11 is 1.83. The average Bonchev–Trinajstić information content (AvgIpc) is 2.50. The molecule has 2 rings (SSSR count). The maximum atomic E-state index is 5.68. The van der Waals surface area contributed by atoms with Gasteiger partial charge in [0, 0.05) is 29.1 Å². The topological polar surface area (TPSA) is 34.2 Å². The lowest BCUT2D eigenvalue weighted by atomic mass is 10.1. The summed E-state index contributed by atoms with van der Waals surface area (Å²) in [7, 11) is 2.00. The third-order valence-corrected chi connectivity index (χ3v) is 4.17. The monoisotopic (exact) mass is 302 g/mol. The van der Waals surface area contributed by atoms with Crippen LogP contribution >= 0.6 is 11.8 Å². The normalized spacial score (nSPS) is 12.4. The molecule has 0 radical (unpaired) electrons. The average molecular weight is 302 g/mol. The number of ether oxygens (including phenoxy) is 1. The molecule has 0 saturated carbocycles. The first-order valence-corrected chi connectivity index (χ1v) is 8.14. The predicted molar refractivity (Wildman–Crippen MR) is 89.0 cm³/mol. The van der Waals surface area contributed by atoms with Crippen molar-refractivity contribution in [2.24, 2.45) is 0 Å². The summed E-state index contributed by atoms with van der Waals surface area (Å²) < 4.78 is 5.68. The van der Waals surface area contributed by atoms with Gasteiger partial charge < -0.3 is 10.1 Å². The van der Waals surface area contributed by atoms with Crippen molar-refractivity contribution in [3.05, 3.63) is 54.4 Å². The summed E-state index contributed by atoms with van der Waals surface area (Å²) in [4.78, 5) is 5.28. The van der Waals surface area contributed by atoms with E-state index in [9.17, 15) is 0 Å². The van der Waals surface area contributed by atoms with Gasteiger partial charge in [-0.15, -0.1) is 11.8 Å². The molecule has 0 saturated heterocycles. The van der Waals surface area contributed by atoms with Crippen molar-refractivity contribution < 1.29 is 4.74 Å². The number of thioether (sulfide) groups is 1. The van der Waals surface area contributed by atoms with Crippen LogP contribution in [0.3, 0.4) is 0 Å². The maximum absolute atomic E-state index is 5.68. The first-order valence-electron chi connectivity index (χ1n) is 7.15. The van der Waals surface area contributed by atoms with Crippen LogP contribution in [0.25, 0.3) is 0 Å². The molecule has 0 amide bonds. The first-order chi connectivity index (χ1) is 10.2. The highest BCUT2D eigenvalue weighted by Crippen LogP contribution is 2.25. The standard InChI is InChI=1S/C17H22N2OS/c1-13(2)20-15-6-4-14(5-7-15)17(18-3)12-21-16-8-10-19-11-9-16/h4-11,13,17-18H,12H2,1-3H3. The van der Waals surface area contributed by atoms with Gasteiger partial charge in [0.2, 0.25) is 0 Å². The molecule has 0 aliphatic rings. The minimum absolute atomic E-state index is 0.207. The third-order valence-electron chi connectivity index (χ3n) is 3.07. The van der Waals surface area contributed by atoms with Crippen LogP contribution in [0.4, 0.5) is 0 Å². The quantitative estimate of drug-likeness (QED) is 0.786. The summed E-state index contributed by atoms with van der Waals surface area (Å²) in [5.41, 5.74) is 1.27. The van der Waals surface area contributed by atoms with Crippen LogP contribution in [0.2, 0.25) is 0 Å². The highest BCUT2D eigenvalue weighted by molar-refractivity contribution is 7.99. The minimum atomic E-state index is 0.207. The Morgan fingerprint density at radius 2 is 1.76 bits per heavy atom. The molecule has 1 aromatic carbocycles. The molecule has 1 unspecified atom stereocenters. The Hall–Kier alpha value is -1.52. The van der Waals surface area contributed by atoms with E-state index >= 15 is 0 Å². The van der Waals surface area contributed by atoms with Gasteiger partial charge in [0.15, 0.2) is 0 Å². The third kappa shape index (κ3) is 5.06. The second kappa shape index (κ2) is 8.05. The zero-order valence-electron chi connectivity index (χ0n) is 12.7. The molecule has 0 fully saturated rings. The van der Waals surface area contributed by atoms with Crippen LogP contribution in [0, 0.1) is 0 Å². The second-order valence-electron chi connectivity index (χ2n) is 5.07. The Labute approximate surface area is 131 Å². The van der Waals surface area contributed by atoms with Crippen molar-refractivity contribution in [1.82, 2.24) is 10.3 Å². The van der Waals surface area contributed by atoms with Crippen LogP contribution in [-0.4, -0.2) is 23.9 Å². The molecule has 2 aromatic rings. The Morgan fingerprint density at radius 3 is 2.33 bits per heavy atom. The zero-order chi connectivity index (χ0) is 15.1. The van der Waals surface area contributed by atoms with Crippen LogP contribution in [0.5, 0.6) is 5.75 Å². The van der Waals surface area contributed by atoms with E-state index in [-0.39, 0.29) is 6.10 Å². The van der Waals surface area contributed by atoms with Gasteiger partial charge in [-0.2, -0.15) is 0 Å². The molecule has 112 valence electrons. The summed E-state index contributed by atoms with van der Waals surface area (Å²) in [5.74, 6) is 1.90. The molecule has 0 spiro atoms. The van der Waals surface area contributed by atoms with Crippen molar-refractivity contribution in [3.8, 4) is 5.75 Å². The van der Waals surface area contributed by atoms with Gasteiger partial charge in [-0.25, -0.2) is 0 Å². The van der Waals surface area contributed by atoms with Gasteiger partial charge in [0.25, 0.3) is 0 Å². The van der Waals surface area contributed by atoms with Crippen molar-refractivity contribution in [2.45, 2.75) is 30.9 Å². The fourth-order valence-corrected chi connectivity index (χ4v) is 3.04. The van der Waals surface area contributed by atoms with Crippen molar-refractivity contribution in [2.75, 3.05) is 12.8 Å². The Balaban J connectivity index is 1.97. The van der Waals surface area contributed by atoms with Crippen LogP contribution in [0.1, 0.15) is 25.5 Å². The van der Waals surface area contributed by atoms with E-state index in [1.807, 2.05) is 69.3 Å². The van der Waals surface area contributed by atoms with Gasteiger partial charge in [0.05, 0.1) is 6.10 Å². The van der Waals surface area contributed by atoms with Gasteiger partial charge in [-0.1, -0.05) is 12.1 Å². The SMILES string of the molecule is CNC(CSc1ccncc1)c1ccc(OC(C)C)cc1. The summed E-state index contributed by atoms with van der Waals surface area (Å²) in [6.07, 6.45) is 3.86. The summed E-state index contributed by atoms with van der Waals surface area (Å²) in [6.45, 7) is 4.07. The van der Waals surface area contributed by atoms with E-state index < -0.39 is 0 Å². The van der Waals surface area contributed by atoms with Crippen molar-refractivity contribution in [1.29, 1.82) is 0 Å². The molecule has 0 aliphatic carbocycles. The van der Waals surface area contributed by atoms with Crippen molar-refractivity contribution >= 4 is 11.8 Å². The number of hydrogen-bond donors (Lipinski definition) is 1. The molecule has 4 heteroatoms. The van der Waals surface area contributed by atoms with Gasteiger partial charge >= 0.3 is 0 Å². The molecule has 0 bridgehead atoms. The fourth-order valence-electron chi connectivity index (χ4n) is 2.01. The van der Waals surface area contributed by atoms with E-state index in [4.69, 9.17) is 4.74 Å². The smallest absolute Gasteiger partial charge is 0.119 e. The number of aromatic nitrogens is 1. The molecular formula is C17H22N2OS. The molecule has 1 aromatic heterocycles. The molecule has 1 heterocycles. The number of benzene rings is 1. The Bertz CT molecular complexity index is 528. The molecular weight excluding hydrogens is 280 g/mol. The second-order valence-corrected chi connectivity index (χ2v) is 6.16. The van der Waals surface area contributed by atoms with Crippen LogP contribution in [0.15, 0.2) is 53.7 Å². The summed E-state index contributed by atoms with van der Waals surface area (Å²) in [5, 5.41) is 3.37. The van der Waals surface area contributed by atoms with Crippen LogP contribution < -0.4 is 10.1 Å². The van der Waals surface area contributed by atoms with Gasteiger partial charge in [0.1, 0.15) is 5.75 Å². The maximum Gasteiger partial charge on any atom is 0.119 e. The van der Waals surface area contributed by atoms with E-state index in [0.29, 0.717) is 6.04 Å². The lowest BCUT2D eigenvalue weighted by Crippen LogP contribution is -2.18. The lowest BCUT2D eigenvalue weighted by Gasteiger charge is -2.17. The minimum Gasteiger partial charge on any atom is -0.491 e. The number of nitrogens with zero attached hydrogens (tertiary/aromatic N) is 1. The van der Waals surface area contributed by atoms with Gasteiger partial charge in [-0.05, 0) is 50.7 Å². The highest BCUT2D eigenvalue weighted by Gasteiger charge is 2.10. The van der Waals surface area contributed by atoms with Crippen LogP contribution in [-0.2, 0) is 0 Å². The lowest BCUT2D eigenvalue weighted by molar-refractivity contribution is 0.242. The van der Waals surface area contributed by atoms with E-state index in [0.717, 1.165) is 11.5 Å². The number of hydrogen-bond acceptors (Lipinski definition) is 4. The van der Waals surface area contributed by atoms with E-state index in [1.54, 1.807) is 0 Å². The predicted octanol–water partition coefficient (Wildman–Crippen LogP) is 3.92. The molecule has 3 nitrogen and oxygen atoms in total. The number of nitrogens with one attached hydrogen (secondary N) is 1. The molecule has 0 aliphatic heterocycles. The van der Waals surface area contributed by atoms with Crippen molar-refractivity contribution in [3.63, 3.8) is 0 Å². The zero-order valence-corrected chi connectivity index (χ0v) is 13.6. The Morgan fingerprint density at radius 1 is 1.10 bits per heavy atom. The van der Waals surface area contributed by atoms with E-state index in [1.165, 1.54) is 10.5 Å².